The Hall–Kier alpha value is 0.0169. The third kappa shape index (κ3) is 2.94. The summed E-state index contributed by atoms with van der Waals surface area (Å²) in [5.74, 6) is 0.343. The number of ether oxygens (including phenoxy) is 2. The Kier molecular flexibility index (Phi) is 6.22. The molecule has 0 spiro atoms. The fraction of sp³-hybridized carbons (Fsp3) is 1.00. The van der Waals surface area contributed by atoms with E-state index in [1.54, 1.807) is 14.2 Å². The monoisotopic (exact) mass is 317 g/mol. The average molecular weight is 318 g/mol. The van der Waals surface area contributed by atoms with Gasteiger partial charge >= 0.3 is 8.56 Å². The number of hydrogen-bond acceptors (Lipinski definition) is 5. The number of methoxy groups -OCH3 is 1. The Morgan fingerprint density at radius 2 is 2.05 bits per heavy atom. The first-order chi connectivity index (χ1) is 10.2. The summed E-state index contributed by atoms with van der Waals surface area (Å²) in [4.78, 5) is 0. The number of hydrogen-bond donors (Lipinski definition) is 1. The molecule has 5 nitrogen and oxygen atoms in total. The van der Waals surface area contributed by atoms with Crippen LogP contribution in [0.3, 0.4) is 0 Å². The number of nitrogens with one attached hydrogen (secondary N) is 1. The van der Waals surface area contributed by atoms with E-state index in [0.29, 0.717) is 5.92 Å². The lowest BCUT2D eigenvalue weighted by molar-refractivity contribution is -0.117. The normalized spacial score (nSPS) is 36.6. The number of morpholine rings is 1. The van der Waals surface area contributed by atoms with Gasteiger partial charge in [-0.2, -0.15) is 0 Å². The maximum absolute atomic E-state index is 6.19. The molecule has 0 aromatic heterocycles. The maximum Gasteiger partial charge on any atom is 0.371 e. The molecular formula is C15H31NO4Si. The highest BCUT2D eigenvalue weighted by molar-refractivity contribution is 6.70. The van der Waals surface area contributed by atoms with Crippen LogP contribution in [0.25, 0.3) is 0 Å². The smallest absolute Gasteiger partial charge is 0.371 e. The van der Waals surface area contributed by atoms with E-state index in [1.165, 1.54) is 0 Å². The fourth-order valence-electron chi connectivity index (χ4n) is 4.40. The van der Waals surface area contributed by atoms with Gasteiger partial charge in [0.1, 0.15) is 5.22 Å². The van der Waals surface area contributed by atoms with Crippen molar-refractivity contribution < 1.29 is 18.3 Å². The molecule has 6 heteroatoms. The molecule has 0 aliphatic carbocycles. The lowest BCUT2D eigenvalue weighted by Crippen LogP contribution is -2.71. The van der Waals surface area contributed by atoms with Crippen LogP contribution in [0.15, 0.2) is 0 Å². The predicted octanol–water partition coefficient (Wildman–Crippen LogP) is 1.84. The SMILES string of the molecule is CCCC1(OC)C(C2CNCCO2)CCC[Si]1(OC)OC. The molecule has 2 heterocycles. The van der Waals surface area contributed by atoms with E-state index in [-0.39, 0.29) is 11.3 Å². The minimum Gasteiger partial charge on any atom is -0.396 e. The van der Waals surface area contributed by atoms with Gasteiger partial charge in [-0.25, -0.2) is 0 Å². The second-order valence-corrected chi connectivity index (χ2v) is 9.79. The average Bonchev–Trinajstić information content (AvgIpc) is 2.56. The van der Waals surface area contributed by atoms with E-state index >= 15 is 0 Å². The first kappa shape index (κ1) is 17.4. The van der Waals surface area contributed by atoms with E-state index in [1.807, 2.05) is 7.11 Å². The predicted molar refractivity (Wildman–Crippen MR) is 84.6 cm³/mol. The molecule has 2 aliphatic rings. The Labute approximate surface area is 129 Å². The van der Waals surface area contributed by atoms with Gasteiger partial charge in [0.05, 0.1) is 12.7 Å². The molecule has 1 N–H and O–H groups in total. The van der Waals surface area contributed by atoms with Crippen LogP contribution < -0.4 is 5.32 Å². The Balaban J connectivity index is 2.35. The molecule has 2 saturated heterocycles. The minimum absolute atomic E-state index is 0.197. The highest BCUT2D eigenvalue weighted by atomic mass is 28.4. The first-order valence-electron chi connectivity index (χ1n) is 8.17. The molecule has 0 saturated carbocycles. The van der Waals surface area contributed by atoms with Gasteiger partial charge in [0.25, 0.3) is 0 Å². The van der Waals surface area contributed by atoms with E-state index < -0.39 is 8.56 Å². The quantitative estimate of drug-likeness (QED) is 0.758. The van der Waals surface area contributed by atoms with E-state index in [2.05, 4.69) is 12.2 Å². The number of rotatable bonds is 6. The standard InChI is InChI=1S/C15H31NO4Si/c1-5-8-15(17-2)13(14-12-16-9-10-20-14)7-6-11-21(15,18-3)19-4/h13-14,16H,5-12H2,1-4H3. The summed E-state index contributed by atoms with van der Waals surface area (Å²) in [6.07, 6.45) is 4.49. The molecule has 3 unspecified atom stereocenters. The van der Waals surface area contributed by atoms with Crippen molar-refractivity contribution in [2.75, 3.05) is 41.0 Å². The van der Waals surface area contributed by atoms with Crippen LogP contribution in [0.5, 0.6) is 0 Å². The molecular weight excluding hydrogens is 286 g/mol. The summed E-state index contributed by atoms with van der Waals surface area (Å²) in [5, 5.41) is 3.14. The summed E-state index contributed by atoms with van der Waals surface area (Å²) >= 11 is 0. The van der Waals surface area contributed by atoms with Gasteiger partial charge in [-0.15, -0.1) is 0 Å². The van der Waals surface area contributed by atoms with Crippen LogP contribution in [0.1, 0.15) is 32.6 Å². The van der Waals surface area contributed by atoms with Crippen molar-refractivity contribution in [2.24, 2.45) is 5.92 Å². The highest BCUT2D eigenvalue weighted by Gasteiger charge is 2.64. The van der Waals surface area contributed by atoms with Crippen molar-refractivity contribution >= 4 is 8.56 Å². The third-order valence-corrected chi connectivity index (χ3v) is 9.76. The van der Waals surface area contributed by atoms with Crippen molar-refractivity contribution in [1.29, 1.82) is 0 Å². The molecule has 124 valence electrons. The molecule has 0 radical (unpaired) electrons. The van der Waals surface area contributed by atoms with Gasteiger partial charge in [-0.05, 0) is 18.9 Å². The van der Waals surface area contributed by atoms with Crippen molar-refractivity contribution in [3.05, 3.63) is 0 Å². The second kappa shape index (κ2) is 7.52. The van der Waals surface area contributed by atoms with Crippen LogP contribution in [-0.4, -0.2) is 60.9 Å². The third-order valence-electron chi connectivity index (χ3n) is 5.31. The van der Waals surface area contributed by atoms with E-state index in [9.17, 15) is 0 Å². The van der Waals surface area contributed by atoms with Gasteiger partial charge in [-0.3, -0.25) is 0 Å². The summed E-state index contributed by atoms with van der Waals surface area (Å²) in [5.41, 5.74) is 0. The summed E-state index contributed by atoms with van der Waals surface area (Å²) in [7, 11) is 3.00. The molecule has 2 rings (SSSR count). The lowest BCUT2D eigenvalue weighted by Gasteiger charge is -2.54. The first-order valence-corrected chi connectivity index (χ1v) is 10.2. The van der Waals surface area contributed by atoms with E-state index in [0.717, 1.165) is 51.4 Å². The zero-order chi connectivity index (χ0) is 15.3. The summed E-state index contributed by atoms with van der Waals surface area (Å²) < 4.78 is 24.3. The van der Waals surface area contributed by atoms with Crippen molar-refractivity contribution in [2.45, 2.75) is 50.0 Å². The Morgan fingerprint density at radius 3 is 2.57 bits per heavy atom. The van der Waals surface area contributed by atoms with Crippen molar-refractivity contribution in [3.8, 4) is 0 Å². The van der Waals surface area contributed by atoms with Gasteiger partial charge in [-0.1, -0.05) is 19.8 Å². The molecule has 0 bridgehead atoms. The summed E-state index contributed by atoms with van der Waals surface area (Å²) in [6, 6.07) is 1.00. The van der Waals surface area contributed by atoms with Gasteiger partial charge < -0.3 is 23.6 Å². The molecule has 0 amide bonds. The second-order valence-electron chi connectivity index (χ2n) is 6.12. The molecule has 0 aromatic carbocycles. The van der Waals surface area contributed by atoms with Crippen molar-refractivity contribution in [3.63, 3.8) is 0 Å². The topological polar surface area (TPSA) is 49.0 Å². The largest absolute Gasteiger partial charge is 0.396 e. The molecule has 2 fully saturated rings. The molecule has 21 heavy (non-hydrogen) atoms. The molecule has 3 atom stereocenters. The fourth-order valence-corrected chi connectivity index (χ4v) is 8.60. The van der Waals surface area contributed by atoms with Crippen LogP contribution in [0.2, 0.25) is 6.04 Å². The highest BCUT2D eigenvalue weighted by Crippen LogP contribution is 2.48. The van der Waals surface area contributed by atoms with Gasteiger partial charge in [0.15, 0.2) is 0 Å². The summed E-state index contributed by atoms with van der Waals surface area (Å²) in [6.45, 7) is 4.82. The lowest BCUT2D eigenvalue weighted by atomic mass is 9.86. The Bertz CT molecular complexity index is 321. The van der Waals surface area contributed by atoms with Gasteiger partial charge in [0.2, 0.25) is 0 Å². The van der Waals surface area contributed by atoms with E-state index in [4.69, 9.17) is 18.3 Å². The van der Waals surface area contributed by atoms with Crippen LogP contribution >= 0.6 is 0 Å². The molecule has 0 aromatic rings. The molecule has 2 aliphatic heterocycles. The zero-order valence-corrected chi connectivity index (χ0v) is 14.9. The van der Waals surface area contributed by atoms with Crippen molar-refractivity contribution in [1.82, 2.24) is 5.32 Å². The maximum atomic E-state index is 6.19. The Morgan fingerprint density at radius 1 is 1.29 bits per heavy atom. The van der Waals surface area contributed by atoms with Gasteiger partial charge in [0, 0.05) is 40.3 Å². The van der Waals surface area contributed by atoms with Crippen LogP contribution in [-0.2, 0) is 18.3 Å². The zero-order valence-electron chi connectivity index (χ0n) is 13.9. The van der Waals surface area contributed by atoms with Crippen LogP contribution in [0, 0.1) is 5.92 Å². The van der Waals surface area contributed by atoms with Crippen LogP contribution in [0.4, 0.5) is 0 Å². The minimum atomic E-state index is -2.41.